The lowest BCUT2D eigenvalue weighted by Gasteiger charge is -2.25. The van der Waals surface area contributed by atoms with Crippen LogP contribution in [0.1, 0.15) is 0 Å². The second kappa shape index (κ2) is 8.02. The van der Waals surface area contributed by atoms with Crippen LogP contribution in [0.25, 0.3) is 22.5 Å². The molecule has 4 rings (SSSR count). The molecule has 0 aliphatic carbocycles. The summed E-state index contributed by atoms with van der Waals surface area (Å²) in [6.45, 7) is 1.07. The summed E-state index contributed by atoms with van der Waals surface area (Å²) >= 11 is 1.77. The van der Waals surface area contributed by atoms with E-state index in [0.29, 0.717) is 24.5 Å². The molecule has 3 N–H and O–H groups in total. The Morgan fingerprint density at radius 2 is 1.59 bits per heavy atom. The van der Waals surface area contributed by atoms with Gasteiger partial charge in [0.1, 0.15) is 17.3 Å². The Bertz CT molecular complexity index is 1110. The maximum absolute atomic E-state index is 12.8. The van der Waals surface area contributed by atoms with Crippen LogP contribution in [0.2, 0.25) is 0 Å². The molecule has 29 heavy (non-hydrogen) atoms. The number of aromatic nitrogens is 2. The number of sulfonamides is 1. The third-order valence-electron chi connectivity index (χ3n) is 4.70. The molecule has 1 saturated heterocycles. The Hall–Kier alpha value is -2.62. The number of nitrogen functional groups attached to an aromatic ring is 1. The van der Waals surface area contributed by atoms with Gasteiger partial charge in [0, 0.05) is 35.7 Å². The molecule has 1 aliphatic rings. The first-order valence-corrected chi connectivity index (χ1v) is 11.6. The first-order chi connectivity index (χ1) is 13.9. The van der Waals surface area contributed by atoms with E-state index >= 15 is 0 Å². The molecule has 2 heterocycles. The molecule has 1 aliphatic heterocycles. The van der Waals surface area contributed by atoms with E-state index in [0.717, 1.165) is 22.6 Å². The van der Waals surface area contributed by atoms with Gasteiger partial charge in [-0.25, -0.2) is 18.4 Å². The van der Waals surface area contributed by atoms with E-state index in [1.807, 2.05) is 0 Å². The van der Waals surface area contributed by atoms with Crippen molar-refractivity contribution in [2.75, 3.05) is 30.3 Å². The molecule has 0 amide bonds. The van der Waals surface area contributed by atoms with Crippen molar-refractivity contribution in [1.82, 2.24) is 14.3 Å². The summed E-state index contributed by atoms with van der Waals surface area (Å²) in [5.41, 5.74) is 8.54. The van der Waals surface area contributed by atoms with Crippen LogP contribution in [0, 0.1) is 0 Å². The zero-order chi connectivity index (χ0) is 20.4. The number of hydrogen-bond donors (Lipinski definition) is 2. The number of benzene rings is 2. The van der Waals surface area contributed by atoms with Gasteiger partial charge >= 0.3 is 0 Å². The molecule has 0 spiro atoms. The molecule has 1 fully saturated rings. The van der Waals surface area contributed by atoms with Gasteiger partial charge in [-0.05, 0) is 36.4 Å². The van der Waals surface area contributed by atoms with Gasteiger partial charge in [-0.2, -0.15) is 16.1 Å². The van der Waals surface area contributed by atoms with Crippen LogP contribution < -0.4 is 5.73 Å². The van der Waals surface area contributed by atoms with E-state index in [1.54, 1.807) is 66.5 Å². The number of nitrogens with zero attached hydrogens (tertiary/aromatic N) is 3. The molecule has 9 heteroatoms. The zero-order valence-corrected chi connectivity index (χ0v) is 17.2. The van der Waals surface area contributed by atoms with Crippen molar-refractivity contribution in [2.24, 2.45) is 0 Å². The van der Waals surface area contributed by atoms with Gasteiger partial charge < -0.3 is 10.8 Å². The number of phenolic OH excluding ortho intramolecular Hbond substituents is 1. The first kappa shape index (κ1) is 19.7. The summed E-state index contributed by atoms with van der Waals surface area (Å²) in [4.78, 5) is 9.09. The molecular formula is C20H20N4O3S2. The van der Waals surface area contributed by atoms with Crippen molar-refractivity contribution in [1.29, 1.82) is 0 Å². The van der Waals surface area contributed by atoms with Crippen LogP contribution in [0.4, 0.5) is 5.82 Å². The lowest BCUT2D eigenvalue weighted by Crippen LogP contribution is -2.37. The average Bonchev–Trinajstić information content (AvgIpc) is 2.75. The zero-order valence-electron chi connectivity index (χ0n) is 15.5. The molecule has 0 radical (unpaired) electrons. The highest BCUT2D eigenvalue weighted by molar-refractivity contribution is 7.99. The van der Waals surface area contributed by atoms with Crippen molar-refractivity contribution < 1.29 is 13.5 Å². The summed E-state index contributed by atoms with van der Waals surface area (Å²) in [5, 5.41) is 9.47. The van der Waals surface area contributed by atoms with E-state index in [-0.39, 0.29) is 16.5 Å². The highest BCUT2D eigenvalue weighted by Crippen LogP contribution is 2.28. The van der Waals surface area contributed by atoms with Gasteiger partial charge in [0.15, 0.2) is 0 Å². The Morgan fingerprint density at radius 3 is 2.24 bits per heavy atom. The van der Waals surface area contributed by atoms with Gasteiger partial charge in [0.2, 0.25) is 10.0 Å². The number of hydrogen-bond acceptors (Lipinski definition) is 7. The minimum Gasteiger partial charge on any atom is -0.508 e. The van der Waals surface area contributed by atoms with Crippen LogP contribution in [0.15, 0.2) is 59.6 Å². The summed E-state index contributed by atoms with van der Waals surface area (Å²) in [6, 6.07) is 13.2. The number of phenols is 1. The second-order valence-corrected chi connectivity index (χ2v) is 9.74. The fourth-order valence-corrected chi connectivity index (χ4v) is 5.68. The van der Waals surface area contributed by atoms with Crippen molar-refractivity contribution in [2.45, 2.75) is 4.90 Å². The Balaban J connectivity index is 1.64. The van der Waals surface area contributed by atoms with Gasteiger partial charge in [-0.1, -0.05) is 12.1 Å². The van der Waals surface area contributed by atoms with Crippen molar-refractivity contribution >= 4 is 27.6 Å². The normalized spacial score (nSPS) is 15.3. The lowest BCUT2D eigenvalue weighted by molar-refractivity contribution is 0.443. The predicted molar refractivity (Wildman–Crippen MR) is 115 cm³/mol. The van der Waals surface area contributed by atoms with Crippen LogP contribution in [0.5, 0.6) is 5.75 Å². The third-order valence-corrected chi connectivity index (χ3v) is 7.55. The fourth-order valence-electron chi connectivity index (χ4n) is 3.10. The minimum atomic E-state index is -3.48. The Labute approximate surface area is 173 Å². The topological polar surface area (TPSA) is 109 Å². The van der Waals surface area contributed by atoms with Gasteiger partial charge in [-0.15, -0.1) is 0 Å². The second-order valence-electron chi connectivity index (χ2n) is 6.58. The summed E-state index contributed by atoms with van der Waals surface area (Å²) < 4.78 is 27.1. The van der Waals surface area contributed by atoms with Crippen molar-refractivity contribution in [3.63, 3.8) is 0 Å². The standard InChI is InChI=1S/C20H20N4O3S2/c21-20-19(15-1-5-16(25)6-2-15)23-18(13-22-20)14-3-7-17(8-4-14)29(26,27)24-9-11-28-12-10-24/h1-8,13,25H,9-12H2,(H2,21,22). The number of thioether (sulfide) groups is 1. The highest BCUT2D eigenvalue weighted by Gasteiger charge is 2.26. The largest absolute Gasteiger partial charge is 0.508 e. The van der Waals surface area contributed by atoms with E-state index < -0.39 is 10.0 Å². The molecule has 0 bridgehead atoms. The number of aromatic hydroxyl groups is 1. The number of anilines is 1. The van der Waals surface area contributed by atoms with Gasteiger partial charge in [0.25, 0.3) is 0 Å². The van der Waals surface area contributed by atoms with Crippen molar-refractivity contribution in [3.8, 4) is 28.3 Å². The quantitative estimate of drug-likeness (QED) is 0.657. The molecule has 0 atom stereocenters. The molecule has 1 aromatic heterocycles. The predicted octanol–water partition coefficient (Wildman–Crippen LogP) is 2.84. The number of nitrogens with two attached hydrogens (primary N) is 1. The average molecular weight is 429 g/mol. The van der Waals surface area contributed by atoms with E-state index in [4.69, 9.17) is 5.73 Å². The van der Waals surface area contributed by atoms with E-state index in [9.17, 15) is 13.5 Å². The SMILES string of the molecule is Nc1ncc(-c2ccc(S(=O)(=O)N3CCSCC3)cc2)nc1-c1ccc(O)cc1. The minimum absolute atomic E-state index is 0.153. The maximum Gasteiger partial charge on any atom is 0.243 e. The third kappa shape index (κ3) is 4.07. The molecule has 3 aromatic rings. The first-order valence-electron chi connectivity index (χ1n) is 9.05. The highest BCUT2D eigenvalue weighted by atomic mass is 32.2. The lowest BCUT2D eigenvalue weighted by atomic mass is 10.1. The fraction of sp³-hybridized carbons (Fsp3) is 0.200. The number of rotatable bonds is 4. The van der Waals surface area contributed by atoms with E-state index in [1.165, 1.54) is 4.31 Å². The van der Waals surface area contributed by atoms with Crippen molar-refractivity contribution in [3.05, 3.63) is 54.7 Å². The van der Waals surface area contributed by atoms with Gasteiger partial charge in [-0.3, -0.25) is 0 Å². The maximum atomic E-state index is 12.8. The van der Waals surface area contributed by atoms with Crippen LogP contribution in [0.3, 0.4) is 0 Å². The molecule has 2 aromatic carbocycles. The summed E-state index contributed by atoms with van der Waals surface area (Å²) in [6.07, 6.45) is 1.56. The van der Waals surface area contributed by atoms with E-state index in [2.05, 4.69) is 9.97 Å². The molecule has 7 nitrogen and oxygen atoms in total. The molecular weight excluding hydrogens is 408 g/mol. The van der Waals surface area contributed by atoms with Gasteiger partial charge in [0.05, 0.1) is 16.8 Å². The smallest absolute Gasteiger partial charge is 0.243 e. The van der Waals surface area contributed by atoms with Crippen LogP contribution in [-0.2, 0) is 10.0 Å². The van der Waals surface area contributed by atoms with Crippen LogP contribution in [-0.4, -0.2) is 52.4 Å². The monoisotopic (exact) mass is 428 g/mol. The molecule has 0 unspecified atom stereocenters. The van der Waals surface area contributed by atoms with Crippen LogP contribution >= 0.6 is 11.8 Å². The summed E-state index contributed by atoms with van der Waals surface area (Å²) in [5.74, 6) is 2.07. The molecule has 0 saturated carbocycles. The Morgan fingerprint density at radius 1 is 0.966 bits per heavy atom. The summed E-state index contributed by atoms with van der Waals surface area (Å²) in [7, 11) is -3.48. The molecule has 150 valence electrons. The Kier molecular flexibility index (Phi) is 5.44.